The average Bonchev–Trinajstić information content (AvgIpc) is 2.03. The fourth-order valence-corrected chi connectivity index (χ4v) is 2.46. The molecule has 0 aromatic rings. The molecule has 0 bridgehead atoms. The van der Waals surface area contributed by atoms with Crippen LogP contribution in [0.15, 0.2) is 0 Å². The van der Waals surface area contributed by atoms with Crippen molar-refractivity contribution in [2.24, 2.45) is 5.92 Å². The van der Waals surface area contributed by atoms with Crippen LogP contribution in [0.4, 0.5) is 0 Å². The number of hydrogen-bond acceptors (Lipinski definition) is 4. The average molecular weight is 223 g/mol. The highest BCUT2D eigenvalue weighted by Crippen LogP contribution is 2.46. The quantitative estimate of drug-likeness (QED) is 0.642. The van der Waals surface area contributed by atoms with Crippen molar-refractivity contribution in [3.05, 3.63) is 0 Å². The first-order valence-electron chi connectivity index (χ1n) is 5.13. The van der Waals surface area contributed by atoms with E-state index < -0.39 is 7.60 Å². The summed E-state index contributed by atoms with van der Waals surface area (Å²) >= 11 is 0. The van der Waals surface area contributed by atoms with Gasteiger partial charge in [-0.05, 0) is 26.3 Å². The molecule has 0 rings (SSSR count). The van der Waals surface area contributed by atoms with E-state index in [1.54, 1.807) is 0 Å². The van der Waals surface area contributed by atoms with Gasteiger partial charge in [-0.2, -0.15) is 0 Å². The normalized spacial score (nSPS) is 12.4. The van der Waals surface area contributed by atoms with Gasteiger partial charge < -0.3 is 14.4 Å². The molecule has 86 valence electrons. The smallest absolute Gasteiger partial charge is 0.308 e. The predicted octanol–water partition coefficient (Wildman–Crippen LogP) is 2.46. The van der Waals surface area contributed by atoms with Crippen molar-refractivity contribution in [1.29, 1.82) is 0 Å². The lowest BCUT2D eigenvalue weighted by molar-refractivity contribution is 0.218. The Kier molecular flexibility index (Phi) is 7.47. The van der Waals surface area contributed by atoms with E-state index in [2.05, 4.69) is 19.2 Å². The van der Waals surface area contributed by atoms with E-state index in [4.69, 9.17) is 9.05 Å². The molecule has 0 aliphatic carbocycles. The summed E-state index contributed by atoms with van der Waals surface area (Å²) in [5, 5.41) is 3.08. The summed E-state index contributed by atoms with van der Waals surface area (Å²) in [7, 11) is -2.89. The molecule has 0 unspecified atom stereocenters. The van der Waals surface area contributed by atoms with Crippen LogP contribution in [0.5, 0.6) is 0 Å². The van der Waals surface area contributed by atoms with E-state index >= 15 is 0 Å². The van der Waals surface area contributed by atoms with E-state index in [1.165, 1.54) is 0 Å². The molecule has 0 aliphatic rings. The molecule has 0 saturated carbocycles. The third kappa shape index (κ3) is 6.55. The van der Waals surface area contributed by atoms with E-state index in [9.17, 15) is 4.57 Å². The van der Waals surface area contributed by atoms with Gasteiger partial charge in [0.1, 0.15) is 0 Å². The summed E-state index contributed by atoms with van der Waals surface area (Å²) in [5.74, 6) is 0.534. The van der Waals surface area contributed by atoms with Gasteiger partial charge in [-0.3, -0.25) is 4.57 Å². The maximum absolute atomic E-state index is 11.9. The predicted molar refractivity (Wildman–Crippen MR) is 58.6 cm³/mol. The standard InChI is InChI=1S/C9H22NO3P/c1-5-12-14(11,13-6-2)8-10-7-9(3)4/h9-10H,5-8H2,1-4H3. The zero-order valence-corrected chi connectivity index (χ0v) is 10.5. The Morgan fingerprint density at radius 3 is 2.07 bits per heavy atom. The van der Waals surface area contributed by atoms with Gasteiger partial charge in [0.25, 0.3) is 0 Å². The summed E-state index contributed by atoms with van der Waals surface area (Å²) in [6.07, 6.45) is 0.298. The molecule has 4 nitrogen and oxygen atoms in total. The molecular weight excluding hydrogens is 201 g/mol. The molecule has 0 spiro atoms. The fraction of sp³-hybridized carbons (Fsp3) is 1.00. The summed E-state index contributed by atoms with van der Waals surface area (Å²) in [6, 6.07) is 0. The van der Waals surface area contributed by atoms with Gasteiger partial charge in [0.05, 0.1) is 19.5 Å². The zero-order valence-electron chi connectivity index (χ0n) is 9.58. The van der Waals surface area contributed by atoms with E-state index in [0.29, 0.717) is 25.4 Å². The monoisotopic (exact) mass is 223 g/mol. The molecule has 14 heavy (non-hydrogen) atoms. The Morgan fingerprint density at radius 2 is 1.71 bits per heavy atom. The Morgan fingerprint density at radius 1 is 1.21 bits per heavy atom. The Balaban J connectivity index is 3.90. The van der Waals surface area contributed by atoms with Gasteiger partial charge in [-0.1, -0.05) is 13.8 Å². The maximum atomic E-state index is 11.9. The highest BCUT2D eigenvalue weighted by Gasteiger charge is 2.22. The molecule has 0 heterocycles. The Bertz CT molecular complexity index is 175. The lowest BCUT2D eigenvalue weighted by Gasteiger charge is -2.17. The Labute approximate surface area is 86.9 Å². The fourth-order valence-electron chi connectivity index (χ4n) is 1.01. The summed E-state index contributed by atoms with van der Waals surface area (Å²) in [6.45, 7) is 9.48. The van der Waals surface area contributed by atoms with Crippen LogP contribution in [0.2, 0.25) is 0 Å². The number of rotatable bonds is 8. The highest BCUT2D eigenvalue weighted by atomic mass is 31.2. The zero-order chi connectivity index (χ0) is 11.0. The first kappa shape index (κ1) is 14.1. The third-order valence-electron chi connectivity index (χ3n) is 1.51. The maximum Gasteiger partial charge on any atom is 0.344 e. The lowest BCUT2D eigenvalue weighted by Crippen LogP contribution is -2.22. The second-order valence-corrected chi connectivity index (χ2v) is 5.51. The molecule has 0 aromatic carbocycles. The summed E-state index contributed by atoms with van der Waals surface area (Å²) in [5.41, 5.74) is 0. The molecule has 5 heteroatoms. The molecule has 0 radical (unpaired) electrons. The van der Waals surface area contributed by atoms with Crippen LogP contribution in [0.1, 0.15) is 27.7 Å². The van der Waals surface area contributed by atoms with Gasteiger partial charge in [-0.15, -0.1) is 0 Å². The van der Waals surface area contributed by atoms with E-state index in [0.717, 1.165) is 6.54 Å². The molecule has 0 atom stereocenters. The van der Waals surface area contributed by atoms with Crippen LogP contribution < -0.4 is 5.32 Å². The first-order chi connectivity index (χ1) is 6.54. The van der Waals surface area contributed by atoms with Crippen LogP contribution >= 0.6 is 7.60 Å². The third-order valence-corrected chi connectivity index (χ3v) is 3.42. The molecule has 1 N–H and O–H groups in total. The van der Waals surface area contributed by atoms with Crippen molar-refractivity contribution in [1.82, 2.24) is 5.32 Å². The molecule has 0 fully saturated rings. The van der Waals surface area contributed by atoms with Crippen molar-refractivity contribution >= 4 is 7.60 Å². The number of hydrogen-bond donors (Lipinski definition) is 1. The Hall–Kier alpha value is 0.110. The van der Waals surface area contributed by atoms with Gasteiger partial charge >= 0.3 is 7.60 Å². The molecule has 0 aromatic heterocycles. The van der Waals surface area contributed by atoms with Crippen LogP contribution in [0.25, 0.3) is 0 Å². The highest BCUT2D eigenvalue weighted by molar-refractivity contribution is 7.53. The van der Waals surface area contributed by atoms with Crippen molar-refractivity contribution in [2.45, 2.75) is 27.7 Å². The van der Waals surface area contributed by atoms with Crippen molar-refractivity contribution in [3.8, 4) is 0 Å². The van der Waals surface area contributed by atoms with Crippen molar-refractivity contribution < 1.29 is 13.6 Å². The largest absolute Gasteiger partial charge is 0.344 e. The van der Waals surface area contributed by atoms with Crippen LogP contribution in [0, 0.1) is 5.92 Å². The second-order valence-electron chi connectivity index (χ2n) is 3.45. The van der Waals surface area contributed by atoms with Crippen LogP contribution in [-0.4, -0.2) is 26.0 Å². The number of nitrogens with one attached hydrogen (secondary N) is 1. The molecular formula is C9H22NO3P. The minimum Gasteiger partial charge on any atom is -0.308 e. The van der Waals surface area contributed by atoms with Gasteiger partial charge in [0, 0.05) is 0 Å². The molecule has 0 amide bonds. The lowest BCUT2D eigenvalue weighted by atomic mass is 10.2. The second kappa shape index (κ2) is 7.41. The molecule has 0 aliphatic heterocycles. The summed E-state index contributed by atoms with van der Waals surface area (Å²) < 4.78 is 22.1. The van der Waals surface area contributed by atoms with Gasteiger partial charge in [-0.25, -0.2) is 0 Å². The minimum absolute atomic E-state index is 0.298. The summed E-state index contributed by atoms with van der Waals surface area (Å²) in [4.78, 5) is 0. The van der Waals surface area contributed by atoms with Crippen LogP contribution in [0.3, 0.4) is 0 Å². The van der Waals surface area contributed by atoms with E-state index in [-0.39, 0.29) is 0 Å². The van der Waals surface area contributed by atoms with Crippen LogP contribution in [-0.2, 0) is 13.6 Å². The topological polar surface area (TPSA) is 47.6 Å². The van der Waals surface area contributed by atoms with Gasteiger partial charge in [0.2, 0.25) is 0 Å². The molecule has 0 saturated heterocycles. The SMILES string of the molecule is CCOP(=O)(CNCC(C)C)OCC. The van der Waals surface area contributed by atoms with Crippen molar-refractivity contribution in [3.63, 3.8) is 0 Å². The van der Waals surface area contributed by atoms with E-state index in [1.807, 2.05) is 13.8 Å². The minimum atomic E-state index is -2.89. The first-order valence-corrected chi connectivity index (χ1v) is 6.85. The van der Waals surface area contributed by atoms with Crippen molar-refractivity contribution in [2.75, 3.05) is 26.0 Å². The van der Waals surface area contributed by atoms with Gasteiger partial charge in [0.15, 0.2) is 0 Å².